The molecule has 10 heteroatoms. The first-order chi connectivity index (χ1) is 20.6. The molecule has 44 heavy (non-hydrogen) atoms. The molecule has 3 atom stereocenters. The van der Waals surface area contributed by atoms with Gasteiger partial charge in [-0.2, -0.15) is 22.0 Å². The molecule has 246 valence electrons. The van der Waals surface area contributed by atoms with E-state index in [2.05, 4.69) is 6.92 Å². The van der Waals surface area contributed by atoms with Gasteiger partial charge in [0, 0.05) is 22.5 Å². The number of fused-ring (bicyclic) bond motifs is 1. The maximum absolute atomic E-state index is 13.2. The van der Waals surface area contributed by atoms with Gasteiger partial charge in [0.2, 0.25) is 0 Å². The number of carbonyl (C=O) groups is 1. The lowest BCUT2D eigenvalue weighted by Crippen LogP contribution is -2.36. The Bertz CT molecular complexity index is 1220. The fourth-order valence-corrected chi connectivity index (χ4v) is 7.93. The van der Waals surface area contributed by atoms with E-state index in [1.165, 1.54) is 11.1 Å². The second kappa shape index (κ2) is 15.2. The highest BCUT2D eigenvalue weighted by Crippen LogP contribution is 2.52. The molecule has 1 unspecified atom stereocenters. The summed E-state index contributed by atoms with van der Waals surface area (Å²) in [5, 5.41) is 29.7. The normalized spacial score (nSPS) is 20.2. The van der Waals surface area contributed by atoms with E-state index in [9.17, 15) is 42.1 Å². The van der Waals surface area contributed by atoms with Crippen LogP contribution in [0.15, 0.2) is 47.4 Å². The molecule has 0 fully saturated rings. The van der Waals surface area contributed by atoms with E-state index in [0.717, 1.165) is 49.2 Å². The molecule has 0 aromatic heterocycles. The van der Waals surface area contributed by atoms with E-state index in [1.54, 1.807) is 36.9 Å². The Kier molecular flexibility index (Phi) is 12.4. The molecule has 0 saturated heterocycles. The Morgan fingerprint density at radius 1 is 0.841 bits per heavy atom. The van der Waals surface area contributed by atoms with Crippen LogP contribution in [0, 0.1) is 5.41 Å². The molecular weight excluding hydrogens is 599 g/mol. The Morgan fingerprint density at radius 3 is 1.98 bits per heavy atom. The molecule has 1 heterocycles. The lowest BCUT2D eigenvalue weighted by molar-refractivity contribution is -0.284. The summed E-state index contributed by atoms with van der Waals surface area (Å²) in [5.74, 6) is -4.20. The number of carboxylic acid groups (broad SMARTS) is 1. The molecule has 0 radical (unpaired) electrons. The number of carboxylic acids is 1. The Morgan fingerprint density at radius 2 is 1.39 bits per heavy atom. The molecular formula is C34H45F5O4S. The fraction of sp³-hybridized carbons (Fsp3) is 0.618. The first-order valence-corrected chi connectivity index (χ1v) is 16.6. The first kappa shape index (κ1) is 36.0. The van der Waals surface area contributed by atoms with Gasteiger partial charge in [-0.3, -0.25) is 4.79 Å². The van der Waals surface area contributed by atoms with Crippen molar-refractivity contribution < 1.29 is 42.1 Å². The lowest BCUT2D eigenvalue weighted by Gasteiger charge is -2.43. The van der Waals surface area contributed by atoms with Crippen molar-refractivity contribution in [1.29, 1.82) is 0 Å². The highest BCUT2D eigenvalue weighted by Gasteiger charge is 2.56. The largest absolute Gasteiger partial charge is 0.508 e. The molecule has 2 aromatic rings. The number of alkyl halides is 5. The minimum atomic E-state index is -5.59. The highest BCUT2D eigenvalue weighted by molar-refractivity contribution is 7.99. The summed E-state index contributed by atoms with van der Waals surface area (Å²) in [7, 11) is 0. The maximum atomic E-state index is 13.2. The van der Waals surface area contributed by atoms with Crippen molar-refractivity contribution in [3.63, 3.8) is 0 Å². The van der Waals surface area contributed by atoms with Gasteiger partial charge >= 0.3 is 18.1 Å². The van der Waals surface area contributed by atoms with Crippen LogP contribution in [-0.2, 0) is 10.2 Å². The van der Waals surface area contributed by atoms with E-state index in [0.29, 0.717) is 19.3 Å². The summed E-state index contributed by atoms with van der Waals surface area (Å²) in [5.41, 5.74) is 1.14. The molecule has 0 saturated carbocycles. The minimum absolute atomic E-state index is 0.0112. The standard InChI is InChI=1S/C34H45F5O4S/c1-3-32(30(42)43,20-10-11-21-33(35,36)34(37,38)39)19-9-7-5-4-6-8-12-28-27-18-17-26(41)22-29(27)44-23-31(28,2)24-13-15-25(40)16-14-24/h13-18,22,28,40-41H,3-12,19-21,23H2,1-2H3,(H,42,43)/t28-,31-,32?/m1/s1. The number of aliphatic carboxylic acids is 1. The summed E-state index contributed by atoms with van der Waals surface area (Å²) in [6.07, 6.45) is -0.134. The summed E-state index contributed by atoms with van der Waals surface area (Å²) in [4.78, 5) is 13.2. The van der Waals surface area contributed by atoms with Crippen molar-refractivity contribution >= 4 is 17.7 Å². The SMILES string of the molecule is CCC(CCCCCCCC[C@@H]1c2ccc(O)cc2SC[C@]1(C)c1ccc(O)cc1)(CCCCC(F)(F)C(F)(F)F)C(=O)O. The van der Waals surface area contributed by atoms with Crippen molar-refractivity contribution in [3.8, 4) is 11.5 Å². The molecule has 3 rings (SSSR count). The summed E-state index contributed by atoms with van der Waals surface area (Å²) in [6, 6.07) is 13.0. The predicted octanol–water partition coefficient (Wildman–Crippen LogP) is 10.6. The molecule has 3 N–H and O–H groups in total. The van der Waals surface area contributed by atoms with Crippen molar-refractivity contribution in [1.82, 2.24) is 0 Å². The molecule has 2 aromatic carbocycles. The zero-order valence-electron chi connectivity index (χ0n) is 25.6. The van der Waals surface area contributed by atoms with E-state index >= 15 is 0 Å². The van der Waals surface area contributed by atoms with Crippen LogP contribution in [-0.4, -0.2) is 39.1 Å². The lowest BCUT2D eigenvalue weighted by atomic mass is 9.68. The molecule has 0 aliphatic carbocycles. The van der Waals surface area contributed by atoms with Gasteiger partial charge < -0.3 is 15.3 Å². The van der Waals surface area contributed by atoms with Crippen molar-refractivity contribution in [3.05, 3.63) is 53.6 Å². The molecule has 0 amide bonds. The van der Waals surface area contributed by atoms with Gasteiger partial charge in [-0.1, -0.05) is 77.0 Å². The molecule has 1 aliphatic rings. The number of rotatable bonds is 17. The van der Waals surface area contributed by atoms with E-state index < -0.39 is 29.9 Å². The number of phenols is 2. The first-order valence-electron chi connectivity index (χ1n) is 15.6. The van der Waals surface area contributed by atoms with Crippen LogP contribution in [0.3, 0.4) is 0 Å². The minimum Gasteiger partial charge on any atom is -0.508 e. The van der Waals surface area contributed by atoms with E-state index in [-0.39, 0.29) is 42.1 Å². The third-order valence-corrected chi connectivity index (χ3v) is 10.9. The summed E-state index contributed by atoms with van der Waals surface area (Å²) in [6.45, 7) is 3.99. The van der Waals surface area contributed by atoms with Gasteiger partial charge in [-0.05, 0) is 73.4 Å². The second-order valence-electron chi connectivity index (χ2n) is 12.5. The van der Waals surface area contributed by atoms with Crippen molar-refractivity contribution in [2.24, 2.45) is 5.41 Å². The topological polar surface area (TPSA) is 77.8 Å². The van der Waals surface area contributed by atoms with Gasteiger partial charge in [0.05, 0.1) is 5.41 Å². The van der Waals surface area contributed by atoms with E-state index in [4.69, 9.17) is 0 Å². The number of unbranched alkanes of at least 4 members (excludes halogenated alkanes) is 6. The highest BCUT2D eigenvalue weighted by atomic mass is 32.2. The monoisotopic (exact) mass is 644 g/mol. The number of thioether (sulfide) groups is 1. The van der Waals surface area contributed by atoms with Crippen LogP contribution in [0.25, 0.3) is 0 Å². The van der Waals surface area contributed by atoms with Gasteiger partial charge in [-0.25, -0.2) is 0 Å². The van der Waals surface area contributed by atoms with Crippen molar-refractivity contribution in [2.45, 2.75) is 126 Å². The Balaban J connectivity index is 1.48. The number of halogens is 5. The van der Waals surface area contributed by atoms with Crippen LogP contribution < -0.4 is 0 Å². The number of aromatic hydroxyl groups is 2. The fourth-order valence-electron chi connectivity index (χ4n) is 6.52. The number of benzene rings is 2. The second-order valence-corrected chi connectivity index (χ2v) is 13.6. The Labute approximate surface area is 261 Å². The van der Waals surface area contributed by atoms with Crippen LogP contribution in [0.1, 0.15) is 114 Å². The molecule has 0 bridgehead atoms. The Hall–Kier alpha value is -2.49. The van der Waals surface area contributed by atoms with E-state index in [1.807, 2.05) is 24.3 Å². The van der Waals surface area contributed by atoms with Gasteiger partial charge in [-0.15, -0.1) is 11.8 Å². The average Bonchev–Trinajstić information content (AvgIpc) is 2.96. The third-order valence-electron chi connectivity index (χ3n) is 9.54. The molecule has 4 nitrogen and oxygen atoms in total. The van der Waals surface area contributed by atoms with Crippen molar-refractivity contribution in [2.75, 3.05) is 5.75 Å². The zero-order valence-corrected chi connectivity index (χ0v) is 26.4. The predicted molar refractivity (Wildman–Crippen MR) is 164 cm³/mol. The summed E-state index contributed by atoms with van der Waals surface area (Å²) >= 11 is 1.74. The quantitative estimate of drug-likeness (QED) is 0.118. The smallest absolute Gasteiger partial charge is 0.453 e. The van der Waals surface area contributed by atoms with Crippen LogP contribution >= 0.6 is 11.8 Å². The number of phenolic OH excluding ortho intramolecular Hbond substituents is 2. The third kappa shape index (κ3) is 8.82. The number of hydrogen-bond acceptors (Lipinski definition) is 4. The van der Waals surface area contributed by atoms with Crippen LogP contribution in [0.4, 0.5) is 22.0 Å². The molecule has 1 aliphatic heterocycles. The van der Waals surface area contributed by atoms with Gasteiger partial charge in [0.15, 0.2) is 0 Å². The average molecular weight is 645 g/mol. The maximum Gasteiger partial charge on any atom is 0.453 e. The van der Waals surface area contributed by atoms with Gasteiger partial charge in [0.25, 0.3) is 0 Å². The van der Waals surface area contributed by atoms with Crippen LogP contribution in [0.5, 0.6) is 11.5 Å². The molecule has 0 spiro atoms. The van der Waals surface area contributed by atoms with Gasteiger partial charge in [0.1, 0.15) is 11.5 Å². The summed E-state index contributed by atoms with van der Waals surface area (Å²) < 4.78 is 63.7. The number of hydrogen-bond donors (Lipinski definition) is 3. The van der Waals surface area contributed by atoms with Crippen LogP contribution in [0.2, 0.25) is 0 Å². The zero-order chi connectivity index (χ0) is 32.6.